The smallest absolute Gasteiger partial charge is 0.231 e. The summed E-state index contributed by atoms with van der Waals surface area (Å²) in [7, 11) is 1.64. The van der Waals surface area contributed by atoms with E-state index in [0.29, 0.717) is 35.1 Å². The molecule has 1 saturated heterocycles. The van der Waals surface area contributed by atoms with Crippen LogP contribution < -0.4 is 10.2 Å². The van der Waals surface area contributed by atoms with E-state index in [1.165, 1.54) is 23.1 Å². The van der Waals surface area contributed by atoms with E-state index in [1.54, 1.807) is 49.6 Å². The van der Waals surface area contributed by atoms with Crippen LogP contribution in [0, 0.1) is 11.6 Å². The Morgan fingerprint density at radius 2 is 2.03 bits per heavy atom. The standard InChI is InChI=1S/C26H28F2N4O/c1-18-16-32(11-10-29-18)17-21-7-8-23(14-24(21)28)31(2)26(33)12-19-6-9-25(30-15-19)20-4-3-5-22(27)13-20/h3-9,13-15,18,29H,10-12,16-17H2,1-2H3/t18-/m0/s1. The van der Waals surface area contributed by atoms with Crippen LogP contribution in [-0.4, -0.2) is 48.5 Å². The Balaban J connectivity index is 1.39. The van der Waals surface area contributed by atoms with Gasteiger partial charge in [-0.3, -0.25) is 14.7 Å². The van der Waals surface area contributed by atoms with Gasteiger partial charge < -0.3 is 10.2 Å². The second kappa shape index (κ2) is 10.2. The Hall–Kier alpha value is -3.16. The molecule has 2 aromatic carbocycles. The van der Waals surface area contributed by atoms with Crippen molar-refractivity contribution in [2.75, 3.05) is 31.6 Å². The van der Waals surface area contributed by atoms with Crippen LogP contribution in [0.2, 0.25) is 0 Å². The Kier molecular flexibility index (Phi) is 7.11. The summed E-state index contributed by atoms with van der Waals surface area (Å²) in [5.74, 6) is -0.797. The van der Waals surface area contributed by atoms with E-state index in [0.717, 1.165) is 25.2 Å². The first-order valence-electron chi connectivity index (χ1n) is 11.1. The van der Waals surface area contributed by atoms with E-state index in [1.807, 2.05) is 0 Å². The van der Waals surface area contributed by atoms with Crippen molar-refractivity contribution in [3.8, 4) is 11.3 Å². The summed E-state index contributed by atoms with van der Waals surface area (Å²) in [5, 5.41) is 3.38. The third kappa shape index (κ3) is 5.80. The molecule has 33 heavy (non-hydrogen) atoms. The third-order valence-corrected chi connectivity index (χ3v) is 5.95. The van der Waals surface area contributed by atoms with Crippen molar-refractivity contribution < 1.29 is 13.6 Å². The van der Waals surface area contributed by atoms with Gasteiger partial charge in [-0.05, 0) is 42.8 Å². The lowest BCUT2D eigenvalue weighted by Crippen LogP contribution is -2.48. The summed E-state index contributed by atoms with van der Waals surface area (Å²) < 4.78 is 28.2. The fourth-order valence-electron chi connectivity index (χ4n) is 4.05. The van der Waals surface area contributed by atoms with Gasteiger partial charge in [-0.2, -0.15) is 0 Å². The number of nitrogens with zero attached hydrogens (tertiary/aromatic N) is 3. The maximum Gasteiger partial charge on any atom is 0.231 e. The van der Waals surface area contributed by atoms with Crippen molar-refractivity contribution in [3.63, 3.8) is 0 Å². The average molecular weight is 451 g/mol. The van der Waals surface area contributed by atoms with Crippen molar-refractivity contribution >= 4 is 11.6 Å². The molecule has 1 atom stereocenters. The largest absolute Gasteiger partial charge is 0.315 e. The highest BCUT2D eigenvalue weighted by Gasteiger charge is 2.18. The SMILES string of the molecule is C[C@H]1CN(Cc2ccc(N(C)C(=O)Cc3ccc(-c4cccc(F)c4)nc3)cc2F)CCN1. The Bertz CT molecular complexity index is 1120. The number of anilines is 1. The van der Waals surface area contributed by atoms with Gasteiger partial charge in [0.25, 0.3) is 0 Å². The summed E-state index contributed by atoms with van der Waals surface area (Å²) >= 11 is 0. The van der Waals surface area contributed by atoms with Gasteiger partial charge in [0.15, 0.2) is 0 Å². The Labute approximate surface area is 193 Å². The maximum absolute atomic E-state index is 14.8. The van der Waals surface area contributed by atoms with Crippen LogP contribution in [0.1, 0.15) is 18.1 Å². The lowest BCUT2D eigenvalue weighted by atomic mass is 10.1. The second-order valence-electron chi connectivity index (χ2n) is 8.56. The molecule has 172 valence electrons. The number of halogens is 2. The first-order chi connectivity index (χ1) is 15.9. The molecule has 0 unspecified atom stereocenters. The van der Waals surface area contributed by atoms with Gasteiger partial charge in [0.05, 0.1) is 12.1 Å². The molecule has 7 heteroatoms. The molecule has 0 radical (unpaired) electrons. The van der Waals surface area contributed by atoms with Crippen LogP contribution in [0.25, 0.3) is 11.3 Å². The van der Waals surface area contributed by atoms with Crippen molar-refractivity contribution in [1.29, 1.82) is 0 Å². The number of rotatable bonds is 6. The monoisotopic (exact) mass is 450 g/mol. The van der Waals surface area contributed by atoms with Gasteiger partial charge in [0, 0.05) is 62.3 Å². The maximum atomic E-state index is 14.8. The summed E-state index contributed by atoms with van der Waals surface area (Å²) in [6, 6.07) is 15.1. The molecule has 1 fully saturated rings. The number of hydrogen-bond donors (Lipinski definition) is 1. The number of benzene rings is 2. The minimum atomic E-state index is -0.323. The van der Waals surface area contributed by atoms with E-state index in [4.69, 9.17) is 0 Å². The number of hydrogen-bond acceptors (Lipinski definition) is 4. The highest BCUT2D eigenvalue weighted by atomic mass is 19.1. The molecule has 1 aliphatic heterocycles. The number of carbonyl (C=O) groups excluding carboxylic acids is 1. The molecular weight excluding hydrogens is 422 g/mol. The molecule has 3 aromatic rings. The average Bonchev–Trinajstić information content (AvgIpc) is 2.80. The predicted octanol–water partition coefficient (Wildman–Crippen LogP) is 4.03. The molecule has 1 aromatic heterocycles. The molecule has 1 aliphatic rings. The normalized spacial score (nSPS) is 16.5. The molecule has 0 bridgehead atoms. The lowest BCUT2D eigenvalue weighted by molar-refractivity contribution is -0.117. The van der Waals surface area contributed by atoms with Crippen LogP contribution in [0.15, 0.2) is 60.8 Å². The number of piperazine rings is 1. The van der Waals surface area contributed by atoms with Crippen LogP contribution in [0.4, 0.5) is 14.5 Å². The van der Waals surface area contributed by atoms with Crippen molar-refractivity contribution in [3.05, 3.63) is 83.6 Å². The van der Waals surface area contributed by atoms with Crippen molar-refractivity contribution in [1.82, 2.24) is 15.2 Å². The van der Waals surface area contributed by atoms with E-state index in [-0.39, 0.29) is 24.0 Å². The zero-order valence-corrected chi connectivity index (χ0v) is 18.9. The molecule has 1 amide bonds. The van der Waals surface area contributed by atoms with Crippen LogP contribution in [-0.2, 0) is 17.8 Å². The number of aromatic nitrogens is 1. The van der Waals surface area contributed by atoms with Gasteiger partial charge in [0.2, 0.25) is 5.91 Å². The zero-order chi connectivity index (χ0) is 23.4. The van der Waals surface area contributed by atoms with Crippen LogP contribution in [0.3, 0.4) is 0 Å². The highest BCUT2D eigenvalue weighted by Crippen LogP contribution is 2.21. The van der Waals surface area contributed by atoms with Crippen LogP contribution in [0.5, 0.6) is 0 Å². The minimum absolute atomic E-state index is 0.134. The number of nitrogens with one attached hydrogen (secondary N) is 1. The number of carbonyl (C=O) groups is 1. The summed E-state index contributed by atoms with van der Waals surface area (Å²) in [6.07, 6.45) is 1.75. The predicted molar refractivity (Wildman–Crippen MR) is 126 cm³/mol. The summed E-state index contributed by atoms with van der Waals surface area (Å²) in [5.41, 5.74) is 3.19. The molecule has 0 saturated carbocycles. The Morgan fingerprint density at radius 1 is 1.18 bits per heavy atom. The van der Waals surface area contributed by atoms with E-state index < -0.39 is 0 Å². The van der Waals surface area contributed by atoms with E-state index in [9.17, 15) is 13.6 Å². The minimum Gasteiger partial charge on any atom is -0.315 e. The molecule has 4 rings (SSSR count). The second-order valence-corrected chi connectivity index (χ2v) is 8.56. The molecule has 1 N–H and O–H groups in total. The fourth-order valence-corrected chi connectivity index (χ4v) is 4.05. The number of pyridine rings is 1. The van der Waals surface area contributed by atoms with E-state index in [2.05, 4.69) is 22.1 Å². The summed E-state index contributed by atoms with van der Waals surface area (Å²) in [6.45, 7) is 5.34. The first kappa shape index (κ1) is 23.0. The van der Waals surface area contributed by atoms with Crippen molar-refractivity contribution in [2.24, 2.45) is 0 Å². The van der Waals surface area contributed by atoms with Crippen LogP contribution >= 0.6 is 0 Å². The van der Waals surface area contributed by atoms with Gasteiger partial charge in [-0.25, -0.2) is 8.78 Å². The third-order valence-electron chi connectivity index (χ3n) is 5.95. The fraction of sp³-hybridized carbons (Fsp3) is 0.308. The molecule has 0 spiro atoms. The van der Waals surface area contributed by atoms with Crippen molar-refractivity contribution in [2.45, 2.75) is 25.9 Å². The molecule has 2 heterocycles. The molecule has 0 aliphatic carbocycles. The zero-order valence-electron chi connectivity index (χ0n) is 18.9. The van der Waals surface area contributed by atoms with Gasteiger partial charge in [-0.15, -0.1) is 0 Å². The number of likely N-dealkylation sites (N-methyl/N-ethyl adjacent to an activating group) is 1. The summed E-state index contributed by atoms with van der Waals surface area (Å²) in [4.78, 5) is 20.8. The topological polar surface area (TPSA) is 48.5 Å². The van der Waals surface area contributed by atoms with Gasteiger partial charge in [0.1, 0.15) is 11.6 Å². The molecule has 5 nitrogen and oxygen atoms in total. The first-order valence-corrected chi connectivity index (χ1v) is 11.1. The van der Waals surface area contributed by atoms with Gasteiger partial charge >= 0.3 is 0 Å². The van der Waals surface area contributed by atoms with Gasteiger partial charge in [-0.1, -0.05) is 24.3 Å². The van der Waals surface area contributed by atoms with E-state index >= 15 is 0 Å². The quantitative estimate of drug-likeness (QED) is 0.616. The lowest BCUT2D eigenvalue weighted by Gasteiger charge is -2.32. The Morgan fingerprint density at radius 3 is 2.73 bits per heavy atom. The number of amides is 1. The highest BCUT2D eigenvalue weighted by molar-refractivity contribution is 5.94. The molecular formula is C26H28F2N4O.